The molecule has 0 spiro atoms. The minimum Gasteiger partial charge on any atom is -0.347 e. The van der Waals surface area contributed by atoms with Crippen LogP contribution in [0.25, 0.3) is 10.8 Å². The summed E-state index contributed by atoms with van der Waals surface area (Å²) in [6.45, 7) is 1.71. The van der Waals surface area contributed by atoms with E-state index in [0.29, 0.717) is 10.7 Å². The van der Waals surface area contributed by atoms with Crippen molar-refractivity contribution in [1.82, 2.24) is 5.32 Å². The van der Waals surface area contributed by atoms with Crippen LogP contribution in [0, 0.1) is 0 Å². The summed E-state index contributed by atoms with van der Waals surface area (Å²) in [6.07, 6.45) is 0. The summed E-state index contributed by atoms with van der Waals surface area (Å²) in [7, 11) is 0. The second-order valence-electron chi connectivity index (χ2n) is 6.10. The van der Waals surface area contributed by atoms with Gasteiger partial charge in [-0.2, -0.15) is 0 Å². The van der Waals surface area contributed by atoms with Gasteiger partial charge in [0.15, 0.2) is 0 Å². The molecule has 0 aromatic heterocycles. The maximum atomic E-state index is 12.2. The maximum absolute atomic E-state index is 12.2. The Bertz CT molecular complexity index is 938. The number of carbonyl (C=O) groups is 2. The summed E-state index contributed by atoms with van der Waals surface area (Å²) >= 11 is 5.86. The fraction of sp³-hybridized carbons (Fsp3) is 0.143. The van der Waals surface area contributed by atoms with Gasteiger partial charge in [0.05, 0.1) is 12.5 Å². The van der Waals surface area contributed by atoms with Crippen LogP contribution in [-0.2, 0) is 9.59 Å². The molecule has 1 atom stereocenters. The molecule has 2 amide bonds. The molecule has 3 aromatic carbocycles. The monoisotopic (exact) mass is 366 g/mol. The number of anilines is 1. The normalized spacial score (nSPS) is 11.8. The summed E-state index contributed by atoms with van der Waals surface area (Å²) in [5.41, 5.74) is 1.55. The van der Waals surface area contributed by atoms with E-state index < -0.39 is 0 Å². The van der Waals surface area contributed by atoms with Crippen molar-refractivity contribution in [3.63, 3.8) is 0 Å². The molecule has 3 rings (SSSR count). The first kappa shape index (κ1) is 18.0. The smallest absolute Gasteiger partial charge is 0.243 e. The van der Waals surface area contributed by atoms with Gasteiger partial charge in [-0.1, -0.05) is 54.1 Å². The molecule has 0 saturated carbocycles. The van der Waals surface area contributed by atoms with Crippen molar-refractivity contribution >= 4 is 39.9 Å². The molecule has 0 radical (unpaired) electrons. The maximum Gasteiger partial charge on any atom is 0.243 e. The van der Waals surface area contributed by atoms with E-state index in [2.05, 4.69) is 10.6 Å². The minimum atomic E-state index is -0.360. The molecule has 4 nitrogen and oxygen atoms in total. The van der Waals surface area contributed by atoms with Gasteiger partial charge in [-0.05, 0) is 47.5 Å². The van der Waals surface area contributed by atoms with E-state index in [1.807, 2.05) is 54.6 Å². The van der Waals surface area contributed by atoms with Gasteiger partial charge in [0, 0.05) is 10.7 Å². The van der Waals surface area contributed by atoms with Crippen molar-refractivity contribution in [2.45, 2.75) is 12.8 Å². The number of nitrogens with one attached hydrogen (secondary N) is 2. The number of halogens is 1. The second kappa shape index (κ2) is 8.02. The Morgan fingerprint density at radius 2 is 1.65 bits per heavy atom. The van der Waals surface area contributed by atoms with Crippen molar-refractivity contribution in [1.29, 1.82) is 0 Å². The third-order valence-electron chi connectivity index (χ3n) is 4.22. The average Bonchev–Trinajstić information content (AvgIpc) is 2.66. The number of amides is 2. The minimum absolute atomic E-state index is 0.0798. The molecule has 26 heavy (non-hydrogen) atoms. The molecule has 0 fully saturated rings. The van der Waals surface area contributed by atoms with E-state index in [9.17, 15) is 9.59 Å². The molecule has 2 N–H and O–H groups in total. The molecule has 0 aliphatic carbocycles. The Labute approximate surface area is 157 Å². The van der Waals surface area contributed by atoms with Crippen LogP contribution in [-0.4, -0.2) is 18.4 Å². The van der Waals surface area contributed by atoms with Gasteiger partial charge in [-0.15, -0.1) is 0 Å². The van der Waals surface area contributed by atoms with Crippen LogP contribution in [0.1, 0.15) is 18.4 Å². The molecule has 0 aliphatic heterocycles. The summed E-state index contributed by atoms with van der Waals surface area (Å²) in [5.74, 6) is -0.835. The Kier molecular flexibility index (Phi) is 5.54. The highest BCUT2D eigenvalue weighted by molar-refractivity contribution is 6.30. The van der Waals surface area contributed by atoms with Gasteiger partial charge in [-0.3, -0.25) is 9.59 Å². The topological polar surface area (TPSA) is 58.2 Å². The number of carbonyl (C=O) groups excluding carboxylic acids is 2. The van der Waals surface area contributed by atoms with Gasteiger partial charge in [0.1, 0.15) is 0 Å². The highest BCUT2D eigenvalue weighted by Gasteiger charge is 2.16. The van der Waals surface area contributed by atoms with Crippen LogP contribution in [0.3, 0.4) is 0 Å². The largest absolute Gasteiger partial charge is 0.347 e. The number of benzene rings is 3. The van der Waals surface area contributed by atoms with Crippen molar-refractivity contribution < 1.29 is 9.59 Å². The van der Waals surface area contributed by atoms with E-state index in [-0.39, 0.29) is 24.3 Å². The predicted octanol–water partition coefficient (Wildman–Crippen LogP) is 4.35. The first-order chi connectivity index (χ1) is 12.5. The highest BCUT2D eigenvalue weighted by atomic mass is 35.5. The van der Waals surface area contributed by atoms with Crippen molar-refractivity contribution in [3.8, 4) is 0 Å². The SMILES string of the molecule is CC(C(=O)NCC(=O)Nc1ccc2ccccc2c1)c1ccc(Cl)cc1. The van der Waals surface area contributed by atoms with Gasteiger partial charge in [0.2, 0.25) is 11.8 Å². The van der Waals surface area contributed by atoms with Crippen LogP contribution >= 0.6 is 11.6 Å². The van der Waals surface area contributed by atoms with Crippen LogP contribution < -0.4 is 10.6 Å². The van der Waals surface area contributed by atoms with Crippen LogP contribution in [0.4, 0.5) is 5.69 Å². The Morgan fingerprint density at radius 1 is 0.962 bits per heavy atom. The van der Waals surface area contributed by atoms with E-state index in [4.69, 9.17) is 11.6 Å². The van der Waals surface area contributed by atoms with Crippen molar-refractivity contribution in [2.75, 3.05) is 11.9 Å². The van der Waals surface area contributed by atoms with Gasteiger partial charge >= 0.3 is 0 Å². The summed E-state index contributed by atoms with van der Waals surface area (Å²) < 4.78 is 0. The fourth-order valence-electron chi connectivity index (χ4n) is 2.70. The number of rotatable bonds is 5. The van der Waals surface area contributed by atoms with E-state index >= 15 is 0 Å². The Balaban J connectivity index is 1.55. The first-order valence-electron chi connectivity index (χ1n) is 8.35. The molecular weight excluding hydrogens is 348 g/mol. The molecule has 1 unspecified atom stereocenters. The highest BCUT2D eigenvalue weighted by Crippen LogP contribution is 2.19. The van der Waals surface area contributed by atoms with Crippen LogP contribution in [0.5, 0.6) is 0 Å². The lowest BCUT2D eigenvalue weighted by Crippen LogP contribution is -2.35. The van der Waals surface area contributed by atoms with E-state index in [1.54, 1.807) is 19.1 Å². The number of hydrogen-bond donors (Lipinski definition) is 2. The van der Waals surface area contributed by atoms with E-state index in [0.717, 1.165) is 16.3 Å². The molecule has 132 valence electrons. The molecular formula is C21H19ClN2O2. The second-order valence-corrected chi connectivity index (χ2v) is 6.54. The number of hydrogen-bond acceptors (Lipinski definition) is 2. The predicted molar refractivity (Wildman–Crippen MR) is 105 cm³/mol. The zero-order valence-electron chi connectivity index (χ0n) is 14.3. The summed E-state index contributed by atoms with van der Waals surface area (Å²) in [4.78, 5) is 24.3. The molecule has 0 bridgehead atoms. The third kappa shape index (κ3) is 4.41. The lowest BCUT2D eigenvalue weighted by molar-refractivity contribution is -0.125. The van der Waals surface area contributed by atoms with Crippen LogP contribution in [0.15, 0.2) is 66.7 Å². The van der Waals surface area contributed by atoms with Gasteiger partial charge in [0.25, 0.3) is 0 Å². The van der Waals surface area contributed by atoms with Crippen molar-refractivity contribution in [2.24, 2.45) is 0 Å². The number of fused-ring (bicyclic) bond motifs is 1. The Morgan fingerprint density at radius 3 is 2.38 bits per heavy atom. The average molecular weight is 367 g/mol. The lowest BCUT2D eigenvalue weighted by Gasteiger charge is -2.13. The third-order valence-corrected chi connectivity index (χ3v) is 4.47. The first-order valence-corrected chi connectivity index (χ1v) is 8.72. The quantitative estimate of drug-likeness (QED) is 0.705. The molecule has 0 aliphatic rings. The van der Waals surface area contributed by atoms with Crippen molar-refractivity contribution in [3.05, 3.63) is 77.3 Å². The zero-order chi connectivity index (χ0) is 18.5. The standard InChI is InChI=1S/C21H19ClN2O2/c1-14(15-6-9-18(22)10-7-15)21(26)23-13-20(25)24-19-11-8-16-4-2-3-5-17(16)12-19/h2-12,14H,13H2,1H3,(H,23,26)(H,24,25). The molecule has 0 saturated heterocycles. The van der Waals surface area contributed by atoms with Crippen LogP contribution in [0.2, 0.25) is 5.02 Å². The van der Waals surface area contributed by atoms with E-state index in [1.165, 1.54) is 0 Å². The Hall–Kier alpha value is -2.85. The van der Waals surface area contributed by atoms with Gasteiger partial charge in [-0.25, -0.2) is 0 Å². The zero-order valence-corrected chi connectivity index (χ0v) is 15.1. The lowest BCUT2D eigenvalue weighted by atomic mass is 10.0. The van der Waals surface area contributed by atoms with Gasteiger partial charge < -0.3 is 10.6 Å². The fourth-order valence-corrected chi connectivity index (χ4v) is 2.82. The summed E-state index contributed by atoms with van der Waals surface area (Å²) in [6, 6.07) is 20.7. The molecule has 0 heterocycles. The molecule has 5 heteroatoms. The summed E-state index contributed by atoms with van der Waals surface area (Å²) in [5, 5.41) is 8.25. The molecule has 3 aromatic rings.